The lowest BCUT2D eigenvalue weighted by Gasteiger charge is -2.44. The molecule has 41 heavy (non-hydrogen) atoms. The number of hydrogen-bond donors (Lipinski definition) is 1. The molecule has 0 radical (unpaired) electrons. The Hall–Kier alpha value is -2.29. The predicted molar refractivity (Wildman–Crippen MR) is 158 cm³/mol. The Labute approximate surface area is 247 Å². The summed E-state index contributed by atoms with van der Waals surface area (Å²) >= 11 is 0. The smallest absolute Gasteiger partial charge is 0.342 e. The molecule has 3 aliphatic heterocycles. The number of amides is 3. The Morgan fingerprint density at radius 3 is 1.95 bits per heavy atom. The van der Waals surface area contributed by atoms with Gasteiger partial charge in [-0.3, -0.25) is 24.2 Å². The molecule has 0 spiro atoms. The van der Waals surface area contributed by atoms with E-state index >= 15 is 0 Å². The van der Waals surface area contributed by atoms with Gasteiger partial charge in [-0.25, -0.2) is 0 Å². The Morgan fingerprint density at radius 2 is 1.41 bits per heavy atom. The SMILES string of the molecule is CC(C)[C@@H](CN1CCCC[C@H]1C(=O)N1CCCCC1)N(C)C(=O)[C@@H](NC(=O)[C@H]1CCCCN1C)C(C)(C)C.O=C=O. The van der Waals surface area contributed by atoms with Gasteiger partial charge in [0.2, 0.25) is 17.7 Å². The fourth-order valence-corrected chi connectivity index (χ4v) is 6.50. The van der Waals surface area contributed by atoms with Crippen molar-refractivity contribution in [1.29, 1.82) is 0 Å². The molecule has 0 aromatic rings. The maximum Gasteiger partial charge on any atom is 0.373 e. The molecule has 3 fully saturated rings. The van der Waals surface area contributed by atoms with Gasteiger partial charge in [0.05, 0.1) is 12.1 Å². The molecular formula is C31H55N5O5. The standard InChI is InChI=1S/C30H55N5O3.CO2/c1-22(2)25(21-35-20-14-10-16-24(35)28(37)34-18-11-8-12-19-34)33(7)29(38)26(30(3,4)5)31-27(36)23-15-9-13-17-32(23)6;2-1-3/h22-26H,8-21H2,1-7H3,(H,31,36);/t23-,24+,25-,26-;/m1./s1. The summed E-state index contributed by atoms with van der Waals surface area (Å²) in [4.78, 5) is 65.5. The third kappa shape index (κ3) is 9.90. The second-order valence-electron chi connectivity index (χ2n) is 13.5. The highest BCUT2D eigenvalue weighted by Crippen LogP contribution is 2.27. The topological polar surface area (TPSA) is 110 Å². The van der Waals surface area contributed by atoms with Crippen molar-refractivity contribution in [3.63, 3.8) is 0 Å². The molecular weight excluding hydrogens is 522 g/mol. The lowest BCUT2D eigenvalue weighted by molar-refractivity contribution is -0.191. The summed E-state index contributed by atoms with van der Waals surface area (Å²) in [5.74, 6) is 0.409. The number of rotatable bonds is 8. The van der Waals surface area contributed by atoms with Gasteiger partial charge in [0.25, 0.3) is 0 Å². The third-order valence-corrected chi connectivity index (χ3v) is 9.08. The number of carbonyl (C=O) groups excluding carboxylic acids is 5. The van der Waals surface area contributed by atoms with Crippen molar-refractivity contribution in [3.8, 4) is 0 Å². The fourth-order valence-electron chi connectivity index (χ4n) is 6.50. The van der Waals surface area contributed by atoms with E-state index in [1.807, 2.05) is 39.8 Å². The predicted octanol–water partition coefficient (Wildman–Crippen LogP) is 2.77. The van der Waals surface area contributed by atoms with Gasteiger partial charge in [-0.05, 0) is 76.4 Å². The number of nitrogens with one attached hydrogen (secondary N) is 1. The van der Waals surface area contributed by atoms with E-state index in [0.29, 0.717) is 6.54 Å². The highest BCUT2D eigenvalue weighted by atomic mass is 16.2. The lowest BCUT2D eigenvalue weighted by Crippen LogP contribution is -2.61. The summed E-state index contributed by atoms with van der Waals surface area (Å²) in [6.45, 7) is 14.6. The van der Waals surface area contributed by atoms with E-state index in [0.717, 1.165) is 77.5 Å². The monoisotopic (exact) mass is 577 g/mol. The van der Waals surface area contributed by atoms with Crippen LogP contribution in [-0.4, -0.2) is 114 Å². The number of likely N-dealkylation sites (tertiary alicyclic amines) is 3. The Kier molecular flexibility index (Phi) is 13.9. The molecule has 3 heterocycles. The van der Waals surface area contributed by atoms with Crippen molar-refractivity contribution in [3.05, 3.63) is 0 Å². The van der Waals surface area contributed by atoms with Gasteiger partial charge in [0, 0.05) is 32.7 Å². The van der Waals surface area contributed by atoms with Crippen LogP contribution in [0.15, 0.2) is 0 Å². The number of nitrogens with zero attached hydrogens (tertiary/aromatic N) is 4. The first kappa shape index (κ1) is 34.9. The molecule has 4 atom stereocenters. The van der Waals surface area contributed by atoms with Crippen LogP contribution >= 0.6 is 0 Å². The molecule has 3 saturated heterocycles. The second-order valence-corrected chi connectivity index (χ2v) is 13.5. The number of hydrogen-bond acceptors (Lipinski definition) is 7. The lowest BCUT2D eigenvalue weighted by atomic mass is 9.84. The van der Waals surface area contributed by atoms with Crippen molar-refractivity contribution in [2.75, 3.05) is 46.8 Å². The van der Waals surface area contributed by atoms with E-state index in [4.69, 9.17) is 9.59 Å². The maximum atomic E-state index is 14.0. The second kappa shape index (κ2) is 16.4. The van der Waals surface area contributed by atoms with Crippen LogP contribution < -0.4 is 5.32 Å². The van der Waals surface area contributed by atoms with Crippen LogP contribution in [0, 0.1) is 11.3 Å². The van der Waals surface area contributed by atoms with Crippen LogP contribution in [0.1, 0.15) is 92.4 Å². The molecule has 3 aliphatic rings. The van der Waals surface area contributed by atoms with E-state index in [9.17, 15) is 14.4 Å². The van der Waals surface area contributed by atoms with Crippen molar-refractivity contribution in [2.24, 2.45) is 11.3 Å². The Bertz CT molecular complexity index is 892. The maximum absolute atomic E-state index is 14.0. The van der Waals surface area contributed by atoms with Gasteiger partial charge in [0.1, 0.15) is 6.04 Å². The minimum Gasteiger partial charge on any atom is -0.342 e. The Balaban J connectivity index is 0.00000187. The molecule has 10 nitrogen and oxygen atoms in total. The van der Waals surface area contributed by atoms with Crippen LogP contribution in [0.4, 0.5) is 0 Å². The molecule has 0 saturated carbocycles. The molecule has 0 unspecified atom stereocenters. The highest BCUT2D eigenvalue weighted by Gasteiger charge is 2.41. The van der Waals surface area contributed by atoms with Crippen LogP contribution in [-0.2, 0) is 24.0 Å². The molecule has 0 aromatic heterocycles. The first-order chi connectivity index (χ1) is 19.3. The zero-order valence-corrected chi connectivity index (χ0v) is 26.6. The summed E-state index contributed by atoms with van der Waals surface area (Å²) in [5.41, 5.74) is -0.423. The van der Waals surface area contributed by atoms with Crippen LogP contribution in [0.2, 0.25) is 0 Å². The van der Waals surface area contributed by atoms with Crippen LogP contribution in [0.25, 0.3) is 0 Å². The van der Waals surface area contributed by atoms with Gasteiger partial charge in [-0.2, -0.15) is 9.59 Å². The average Bonchev–Trinajstić information content (AvgIpc) is 2.94. The summed E-state index contributed by atoms with van der Waals surface area (Å²) in [6.07, 6.45) is 9.70. The van der Waals surface area contributed by atoms with Crippen molar-refractivity contribution in [1.82, 2.24) is 24.9 Å². The minimum absolute atomic E-state index is 0.0427. The molecule has 234 valence electrons. The average molecular weight is 578 g/mol. The zero-order valence-electron chi connectivity index (χ0n) is 26.6. The first-order valence-corrected chi connectivity index (χ1v) is 15.6. The van der Waals surface area contributed by atoms with E-state index in [2.05, 4.69) is 33.9 Å². The quantitative estimate of drug-likeness (QED) is 0.472. The number of carbonyl (C=O) groups is 3. The molecule has 3 amide bonds. The number of piperidine rings is 3. The largest absolute Gasteiger partial charge is 0.373 e. The van der Waals surface area contributed by atoms with Gasteiger partial charge in [-0.1, -0.05) is 47.5 Å². The van der Waals surface area contributed by atoms with Crippen LogP contribution in [0.5, 0.6) is 0 Å². The molecule has 0 bridgehead atoms. The van der Waals surface area contributed by atoms with E-state index < -0.39 is 11.5 Å². The van der Waals surface area contributed by atoms with Crippen molar-refractivity contribution >= 4 is 23.9 Å². The molecule has 0 aromatic carbocycles. The van der Waals surface area contributed by atoms with Gasteiger partial charge in [-0.15, -0.1) is 0 Å². The summed E-state index contributed by atoms with van der Waals surface area (Å²) in [7, 11) is 3.88. The normalized spacial score (nSPS) is 24.0. The fraction of sp³-hybridized carbons (Fsp3) is 0.871. The van der Waals surface area contributed by atoms with E-state index in [1.54, 1.807) is 0 Å². The zero-order chi connectivity index (χ0) is 30.7. The molecule has 0 aliphatic carbocycles. The summed E-state index contributed by atoms with van der Waals surface area (Å²) in [5, 5.41) is 3.16. The van der Waals surface area contributed by atoms with Crippen LogP contribution in [0.3, 0.4) is 0 Å². The van der Waals surface area contributed by atoms with E-state index in [1.165, 1.54) is 6.42 Å². The highest BCUT2D eigenvalue weighted by molar-refractivity contribution is 5.90. The molecule has 10 heteroatoms. The Morgan fingerprint density at radius 1 is 0.878 bits per heavy atom. The third-order valence-electron chi connectivity index (χ3n) is 9.08. The minimum atomic E-state index is -0.608. The van der Waals surface area contributed by atoms with Gasteiger partial charge < -0.3 is 15.1 Å². The number of likely N-dealkylation sites (N-methyl/N-ethyl adjacent to an activating group) is 2. The first-order valence-electron chi connectivity index (χ1n) is 15.6. The molecule has 3 rings (SSSR count). The summed E-state index contributed by atoms with van der Waals surface area (Å²) in [6, 6.07) is -0.922. The van der Waals surface area contributed by atoms with Crippen molar-refractivity contribution in [2.45, 2.75) is 117 Å². The van der Waals surface area contributed by atoms with Crippen molar-refractivity contribution < 1.29 is 24.0 Å². The van der Waals surface area contributed by atoms with Gasteiger partial charge in [0.15, 0.2) is 0 Å². The molecule has 1 N–H and O–H groups in total. The van der Waals surface area contributed by atoms with Gasteiger partial charge >= 0.3 is 6.15 Å². The van der Waals surface area contributed by atoms with E-state index in [-0.39, 0.29) is 47.9 Å². The summed E-state index contributed by atoms with van der Waals surface area (Å²) < 4.78 is 0.